The van der Waals surface area contributed by atoms with Crippen LogP contribution in [0.25, 0.3) is 0 Å². The van der Waals surface area contributed by atoms with E-state index in [1.165, 1.54) is 57.9 Å². The van der Waals surface area contributed by atoms with Gasteiger partial charge in [-0.25, -0.2) is 0 Å². The van der Waals surface area contributed by atoms with Crippen LogP contribution in [0.15, 0.2) is 11.6 Å². The molecule has 1 heteroatoms. The Morgan fingerprint density at radius 3 is 2.87 bits per heavy atom. The van der Waals surface area contributed by atoms with Gasteiger partial charge in [0.05, 0.1) is 0 Å². The average molecular weight is 207 g/mol. The Morgan fingerprint density at radius 2 is 2.27 bits per heavy atom. The van der Waals surface area contributed by atoms with E-state index in [1.807, 2.05) is 0 Å². The largest absolute Gasteiger partial charge is 0.313 e. The van der Waals surface area contributed by atoms with Crippen LogP contribution in [0.3, 0.4) is 0 Å². The fourth-order valence-corrected chi connectivity index (χ4v) is 2.69. The van der Waals surface area contributed by atoms with Gasteiger partial charge in [-0.1, -0.05) is 18.6 Å². The number of hydrogen-bond donors (Lipinski definition) is 1. The lowest BCUT2D eigenvalue weighted by Crippen LogP contribution is -2.31. The molecule has 2 aliphatic rings. The molecule has 0 aromatic carbocycles. The van der Waals surface area contributed by atoms with Gasteiger partial charge < -0.3 is 5.32 Å². The van der Waals surface area contributed by atoms with Gasteiger partial charge in [-0.15, -0.1) is 0 Å². The van der Waals surface area contributed by atoms with Crippen LogP contribution in [0.2, 0.25) is 0 Å². The molecular formula is C14H25N. The molecule has 1 N–H and O–H groups in total. The number of allylic oxidation sites excluding steroid dienone is 1. The van der Waals surface area contributed by atoms with Crippen molar-refractivity contribution < 1.29 is 0 Å². The monoisotopic (exact) mass is 207 g/mol. The van der Waals surface area contributed by atoms with Crippen LogP contribution in [0, 0.1) is 5.92 Å². The van der Waals surface area contributed by atoms with Crippen molar-refractivity contribution in [2.24, 2.45) is 5.92 Å². The number of hydrogen-bond acceptors (Lipinski definition) is 1. The van der Waals surface area contributed by atoms with Crippen molar-refractivity contribution in [2.75, 3.05) is 6.54 Å². The summed E-state index contributed by atoms with van der Waals surface area (Å²) in [5, 5.41) is 3.74. The molecular weight excluding hydrogens is 182 g/mol. The van der Waals surface area contributed by atoms with Gasteiger partial charge in [0.1, 0.15) is 0 Å². The third-order valence-corrected chi connectivity index (χ3v) is 3.87. The van der Waals surface area contributed by atoms with E-state index in [0.29, 0.717) is 0 Å². The average Bonchev–Trinajstić information content (AvgIpc) is 3.10. The molecule has 0 aromatic heterocycles. The third kappa shape index (κ3) is 3.64. The van der Waals surface area contributed by atoms with Gasteiger partial charge in [-0.2, -0.15) is 0 Å². The number of nitrogens with one attached hydrogen (secondary N) is 1. The predicted molar refractivity (Wildman–Crippen MR) is 66.0 cm³/mol. The van der Waals surface area contributed by atoms with Crippen LogP contribution in [0.5, 0.6) is 0 Å². The fourth-order valence-electron chi connectivity index (χ4n) is 2.69. The van der Waals surface area contributed by atoms with Gasteiger partial charge in [0.2, 0.25) is 0 Å². The van der Waals surface area contributed by atoms with E-state index in [2.05, 4.69) is 18.3 Å². The molecule has 1 atom stereocenters. The molecule has 0 aliphatic heterocycles. The Hall–Kier alpha value is -0.300. The topological polar surface area (TPSA) is 12.0 Å². The van der Waals surface area contributed by atoms with Crippen LogP contribution >= 0.6 is 0 Å². The van der Waals surface area contributed by atoms with E-state index in [4.69, 9.17) is 0 Å². The van der Waals surface area contributed by atoms with Crippen LogP contribution in [0.1, 0.15) is 58.3 Å². The van der Waals surface area contributed by atoms with Gasteiger partial charge in [-0.3, -0.25) is 0 Å². The molecule has 1 unspecified atom stereocenters. The van der Waals surface area contributed by atoms with E-state index < -0.39 is 0 Å². The van der Waals surface area contributed by atoms with Crippen molar-refractivity contribution in [1.29, 1.82) is 0 Å². The van der Waals surface area contributed by atoms with E-state index in [1.54, 1.807) is 5.57 Å². The Balaban J connectivity index is 1.62. The fraction of sp³-hybridized carbons (Fsp3) is 0.857. The molecule has 0 amide bonds. The first-order chi connectivity index (χ1) is 7.40. The smallest absolute Gasteiger partial charge is 0.00928 e. The maximum Gasteiger partial charge on any atom is 0.00928 e. The van der Waals surface area contributed by atoms with Crippen molar-refractivity contribution in [3.63, 3.8) is 0 Å². The summed E-state index contributed by atoms with van der Waals surface area (Å²) in [6, 6.07) is 0.814. The molecule has 1 saturated carbocycles. The Morgan fingerprint density at radius 1 is 1.40 bits per heavy atom. The lowest BCUT2D eigenvalue weighted by atomic mass is 9.97. The summed E-state index contributed by atoms with van der Waals surface area (Å²) in [4.78, 5) is 0. The summed E-state index contributed by atoms with van der Waals surface area (Å²) >= 11 is 0. The van der Waals surface area contributed by atoms with Crippen LogP contribution in [-0.2, 0) is 0 Å². The van der Waals surface area contributed by atoms with E-state index in [9.17, 15) is 0 Å². The van der Waals surface area contributed by atoms with Crippen LogP contribution in [-0.4, -0.2) is 12.6 Å². The molecule has 0 radical (unpaired) electrons. The van der Waals surface area contributed by atoms with Gasteiger partial charge in [-0.05, 0) is 63.8 Å². The summed E-state index contributed by atoms with van der Waals surface area (Å²) in [5.41, 5.74) is 1.71. The summed E-state index contributed by atoms with van der Waals surface area (Å²) in [6.07, 6.45) is 13.5. The minimum atomic E-state index is 0.814. The molecule has 86 valence electrons. The summed E-state index contributed by atoms with van der Waals surface area (Å²) < 4.78 is 0. The standard InChI is InChI=1S/C14H25N/c1-2-14(13-8-9-13)15-11-10-12-6-4-3-5-7-12/h6,13-15H,2-5,7-11H2,1H3. The van der Waals surface area contributed by atoms with Crippen molar-refractivity contribution in [2.45, 2.75) is 64.3 Å². The zero-order valence-corrected chi connectivity index (χ0v) is 10.1. The van der Waals surface area contributed by atoms with Crippen molar-refractivity contribution in [3.05, 3.63) is 11.6 Å². The molecule has 0 bridgehead atoms. The van der Waals surface area contributed by atoms with Gasteiger partial charge in [0.15, 0.2) is 0 Å². The highest BCUT2D eigenvalue weighted by atomic mass is 14.9. The van der Waals surface area contributed by atoms with E-state index in [-0.39, 0.29) is 0 Å². The van der Waals surface area contributed by atoms with Gasteiger partial charge >= 0.3 is 0 Å². The van der Waals surface area contributed by atoms with Gasteiger partial charge in [0, 0.05) is 6.04 Å². The molecule has 1 nitrogen and oxygen atoms in total. The Labute approximate surface area is 94.3 Å². The van der Waals surface area contributed by atoms with Crippen molar-refractivity contribution >= 4 is 0 Å². The Bertz CT molecular complexity index is 215. The zero-order chi connectivity index (χ0) is 10.5. The molecule has 0 saturated heterocycles. The Kier molecular flexibility index (Phi) is 4.25. The third-order valence-electron chi connectivity index (χ3n) is 3.87. The minimum absolute atomic E-state index is 0.814. The molecule has 2 rings (SSSR count). The predicted octanol–water partition coefficient (Wildman–Crippen LogP) is 3.66. The quantitative estimate of drug-likeness (QED) is 0.655. The van der Waals surface area contributed by atoms with Crippen molar-refractivity contribution in [3.8, 4) is 0 Å². The van der Waals surface area contributed by atoms with Gasteiger partial charge in [0.25, 0.3) is 0 Å². The lowest BCUT2D eigenvalue weighted by molar-refractivity contribution is 0.450. The summed E-state index contributed by atoms with van der Waals surface area (Å²) in [6.45, 7) is 3.52. The first-order valence-electron chi connectivity index (χ1n) is 6.81. The highest BCUT2D eigenvalue weighted by Gasteiger charge is 2.29. The maximum absolute atomic E-state index is 3.74. The maximum atomic E-state index is 3.74. The second-order valence-corrected chi connectivity index (χ2v) is 5.16. The van der Waals surface area contributed by atoms with E-state index in [0.717, 1.165) is 12.0 Å². The molecule has 2 aliphatic carbocycles. The lowest BCUT2D eigenvalue weighted by Gasteiger charge is -2.18. The van der Waals surface area contributed by atoms with Crippen LogP contribution < -0.4 is 5.32 Å². The summed E-state index contributed by atoms with van der Waals surface area (Å²) in [5.74, 6) is 1.01. The molecule has 15 heavy (non-hydrogen) atoms. The first-order valence-corrected chi connectivity index (χ1v) is 6.81. The molecule has 0 aromatic rings. The van der Waals surface area contributed by atoms with Crippen LogP contribution in [0.4, 0.5) is 0 Å². The molecule has 0 spiro atoms. The number of rotatable bonds is 6. The summed E-state index contributed by atoms with van der Waals surface area (Å²) in [7, 11) is 0. The van der Waals surface area contributed by atoms with Crippen molar-refractivity contribution in [1.82, 2.24) is 5.32 Å². The molecule has 1 fully saturated rings. The zero-order valence-electron chi connectivity index (χ0n) is 10.1. The second kappa shape index (κ2) is 5.69. The van der Waals surface area contributed by atoms with E-state index >= 15 is 0 Å². The minimum Gasteiger partial charge on any atom is -0.313 e. The second-order valence-electron chi connectivity index (χ2n) is 5.16. The highest BCUT2D eigenvalue weighted by Crippen LogP contribution is 2.33. The SMILES string of the molecule is CCC(NCCC1=CCCCC1)C1CC1. The molecule has 0 heterocycles. The highest BCUT2D eigenvalue weighted by molar-refractivity contribution is 5.05. The normalized spacial score (nSPS) is 23.7. The first kappa shape index (κ1) is 11.2.